The summed E-state index contributed by atoms with van der Waals surface area (Å²) >= 11 is 5.86. The lowest BCUT2D eigenvalue weighted by molar-refractivity contribution is 0.225. The van der Waals surface area contributed by atoms with Gasteiger partial charge in [0.2, 0.25) is 5.95 Å². The smallest absolute Gasteiger partial charge is 0.225 e. The summed E-state index contributed by atoms with van der Waals surface area (Å²) in [6.07, 6.45) is 10.2. The molecule has 1 saturated carbocycles. The van der Waals surface area contributed by atoms with Crippen LogP contribution in [0.2, 0.25) is 0 Å². The first-order valence-corrected chi connectivity index (χ1v) is 7.89. The SMILES string of the molecule is Cc1nc(N2CCC3(CCCC3)CC2)ncc1CCl. The van der Waals surface area contributed by atoms with Gasteiger partial charge in [-0.1, -0.05) is 12.8 Å². The third-order valence-corrected chi connectivity index (χ3v) is 5.27. The molecule has 0 radical (unpaired) electrons. The van der Waals surface area contributed by atoms with E-state index in [1.165, 1.54) is 38.5 Å². The fraction of sp³-hybridized carbons (Fsp3) is 0.733. The Balaban J connectivity index is 1.69. The summed E-state index contributed by atoms with van der Waals surface area (Å²) in [7, 11) is 0. The Hall–Kier alpha value is -0.830. The highest BCUT2D eigenvalue weighted by Crippen LogP contribution is 2.46. The van der Waals surface area contributed by atoms with Gasteiger partial charge in [0.1, 0.15) is 0 Å². The van der Waals surface area contributed by atoms with Crippen LogP contribution in [-0.2, 0) is 5.88 Å². The Morgan fingerprint density at radius 3 is 2.47 bits per heavy atom. The highest BCUT2D eigenvalue weighted by Gasteiger charge is 2.37. The van der Waals surface area contributed by atoms with Gasteiger partial charge in [-0.3, -0.25) is 0 Å². The molecule has 0 unspecified atom stereocenters. The first kappa shape index (κ1) is 13.2. The molecule has 104 valence electrons. The molecule has 0 amide bonds. The third kappa shape index (κ3) is 2.58. The van der Waals surface area contributed by atoms with Gasteiger partial charge in [-0.25, -0.2) is 9.97 Å². The Bertz CT molecular complexity index is 445. The summed E-state index contributed by atoms with van der Waals surface area (Å²) in [5, 5.41) is 0. The van der Waals surface area contributed by atoms with Crippen molar-refractivity contribution in [3.8, 4) is 0 Å². The van der Waals surface area contributed by atoms with Crippen LogP contribution in [0.4, 0.5) is 5.95 Å². The van der Waals surface area contributed by atoms with Crippen molar-refractivity contribution < 1.29 is 0 Å². The van der Waals surface area contributed by atoms with Gasteiger partial charge in [0.05, 0.1) is 5.88 Å². The van der Waals surface area contributed by atoms with Crippen molar-refractivity contribution in [2.45, 2.75) is 51.3 Å². The van der Waals surface area contributed by atoms with Crippen molar-refractivity contribution in [3.63, 3.8) is 0 Å². The molecule has 2 aliphatic rings. The predicted octanol–water partition coefficient (Wildman–Crippen LogP) is 3.68. The lowest BCUT2D eigenvalue weighted by atomic mass is 9.77. The molecule has 1 saturated heterocycles. The van der Waals surface area contributed by atoms with Crippen molar-refractivity contribution in [1.29, 1.82) is 0 Å². The molecule has 1 aromatic heterocycles. The number of aryl methyl sites for hydroxylation is 1. The molecule has 3 rings (SSSR count). The molecule has 1 aromatic rings. The molecule has 3 nitrogen and oxygen atoms in total. The summed E-state index contributed by atoms with van der Waals surface area (Å²) in [6, 6.07) is 0. The molecular formula is C15H22ClN3. The van der Waals surface area contributed by atoms with Gasteiger partial charge >= 0.3 is 0 Å². The zero-order chi connectivity index (χ0) is 13.3. The first-order chi connectivity index (χ1) is 9.22. The van der Waals surface area contributed by atoms with Gasteiger partial charge < -0.3 is 4.90 Å². The third-order valence-electron chi connectivity index (χ3n) is 4.98. The number of hydrogen-bond donors (Lipinski definition) is 0. The summed E-state index contributed by atoms with van der Waals surface area (Å²) < 4.78 is 0. The zero-order valence-corrected chi connectivity index (χ0v) is 12.4. The van der Waals surface area contributed by atoms with E-state index in [1.807, 2.05) is 13.1 Å². The standard InChI is InChI=1S/C15H22ClN3/c1-12-13(10-16)11-17-14(18-12)19-8-6-15(7-9-19)4-2-3-5-15/h11H,2-10H2,1H3. The van der Waals surface area contributed by atoms with E-state index in [0.717, 1.165) is 30.3 Å². The van der Waals surface area contributed by atoms with E-state index in [4.69, 9.17) is 11.6 Å². The quantitative estimate of drug-likeness (QED) is 0.773. The fourth-order valence-corrected chi connectivity index (χ4v) is 3.83. The van der Waals surface area contributed by atoms with Crippen LogP contribution >= 0.6 is 11.6 Å². The van der Waals surface area contributed by atoms with E-state index in [2.05, 4.69) is 14.9 Å². The van der Waals surface area contributed by atoms with Gasteiger partial charge in [-0.15, -0.1) is 11.6 Å². The number of hydrogen-bond acceptors (Lipinski definition) is 3. The maximum Gasteiger partial charge on any atom is 0.225 e. The summed E-state index contributed by atoms with van der Waals surface area (Å²) in [4.78, 5) is 11.4. The van der Waals surface area contributed by atoms with E-state index in [1.54, 1.807) is 0 Å². The van der Waals surface area contributed by atoms with Crippen molar-refractivity contribution in [1.82, 2.24) is 9.97 Å². The van der Waals surface area contributed by atoms with Crippen LogP contribution in [0.5, 0.6) is 0 Å². The average Bonchev–Trinajstić information content (AvgIpc) is 2.88. The maximum atomic E-state index is 5.86. The van der Waals surface area contributed by atoms with Crippen LogP contribution in [0.1, 0.15) is 49.8 Å². The second-order valence-corrected chi connectivity index (χ2v) is 6.38. The number of rotatable bonds is 2. The molecule has 0 aromatic carbocycles. The lowest BCUT2D eigenvalue weighted by Gasteiger charge is -2.39. The topological polar surface area (TPSA) is 29.0 Å². The van der Waals surface area contributed by atoms with Gasteiger partial charge in [0.25, 0.3) is 0 Å². The van der Waals surface area contributed by atoms with Gasteiger partial charge in [0.15, 0.2) is 0 Å². The van der Waals surface area contributed by atoms with Crippen LogP contribution < -0.4 is 4.90 Å². The number of aromatic nitrogens is 2. The number of halogens is 1. The van der Waals surface area contributed by atoms with E-state index in [0.29, 0.717) is 11.3 Å². The predicted molar refractivity (Wildman–Crippen MR) is 78.7 cm³/mol. The van der Waals surface area contributed by atoms with Crippen molar-refractivity contribution in [2.24, 2.45) is 5.41 Å². The maximum absolute atomic E-state index is 5.86. The molecule has 1 aliphatic carbocycles. The molecule has 0 bridgehead atoms. The molecule has 2 heterocycles. The van der Waals surface area contributed by atoms with Gasteiger partial charge in [0, 0.05) is 30.5 Å². The molecule has 0 N–H and O–H groups in total. The van der Waals surface area contributed by atoms with Crippen molar-refractivity contribution in [3.05, 3.63) is 17.5 Å². The monoisotopic (exact) mass is 279 g/mol. The highest BCUT2D eigenvalue weighted by molar-refractivity contribution is 6.17. The second kappa shape index (κ2) is 5.28. The molecule has 4 heteroatoms. The molecular weight excluding hydrogens is 258 g/mol. The number of piperidine rings is 1. The van der Waals surface area contributed by atoms with Gasteiger partial charge in [-0.2, -0.15) is 0 Å². The first-order valence-electron chi connectivity index (χ1n) is 7.36. The molecule has 1 aliphatic heterocycles. The van der Waals surface area contributed by atoms with Crippen molar-refractivity contribution >= 4 is 17.5 Å². The van der Waals surface area contributed by atoms with E-state index in [9.17, 15) is 0 Å². The Labute approximate surface area is 120 Å². The minimum Gasteiger partial charge on any atom is -0.341 e. The van der Waals surface area contributed by atoms with Crippen LogP contribution in [0.3, 0.4) is 0 Å². The molecule has 1 spiro atoms. The zero-order valence-electron chi connectivity index (χ0n) is 11.7. The number of alkyl halides is 1. The van der Waals surface area contributed by atoms with Crippen LogP contribution in [0, 0.1) is 12.3 Å². The number of nitrogens with zero attached hydrogens (tertiary/aromatic N) is 3. The minimum absolute atomic E-state index is 0.495. The van der Waals surface area contributed by atoms with Crippen molar-refractivity contribution in [2.75, 3.05) is 18.0 Å². The van der Waals surface area contributed by atoms with E-state index in [-0.39, 0.29) is 0 Å². The Morgan fingerprint density at radius 2 is 1.89 bits per heavy atom. The molecule has 2 fully saturated rings. The normalized spacial score (nSPS) is 22.1. The number of anilines is 1. The van der Waals surface area contributed by atoms with E-state index >= 15 is 0 Å². The van der Waals surface area contributed by atoms with Crippen LogP contribution in [-0.4, -0.2) is 23.1 Å². The summed E-state index contributed by atoms with van der Waals surface area (Å²) in [5.41, 5.74) is 2.71. The Kier molecular flexibility index (Phi) is 3.66. The van der Waals surface area contributed by atoms with Gasteiger partial charge in [-0.05, 0) is 38.0 Å². The average molecular weight is 280 g/mol. The lowest BCUT2D eigenvalue weighted by Crippen LogP contribution is -2.39. The van der Waals surface area contributed by atoms with Crippen LogP contribution in [0.25, 0.3) is 0 Å². The molecule has 19 heavy (non-hydrogen) atoms. The summed E-state index contributed by atoms with van der Waals surface area (Å²) in [5.74, 6) is 1.38. The largest absolute Gasteiger partial charge is 0.341 e. The Morgan fingerprint density at radius 1 is 1.21 bits per heavy atom. The summed E-state index contributed by atoms with van der Waals surface area (Å²) in [6.45, 7) is 4.24. The van der Waals surface area contributed by atoms with Crippen LogP contribution in [0.15, 0.2) is 6.20 Å². The molecule has 0 atom stereocenters. The fourth-order valence-electron chi connectivity index (χ4n) is 3.57. The van der Waals surface area contributed by atoms with E-state index < -0.39 is 0 Å². The second-order valence-electron chi connectivity index (χ2n) is 6.11. The highest BCUT2D eigenvalue weighted by atomic mass is 35.5. The minimum atomic E-state index is 0.495.